The highest BCUT2D eigenvalue weighted by Gasteiger charge is 2.31. The summed E-state index contributed by atoms with van der Waals surface area (Å²) in [5.74, 6) is 1.01. The summed E-state index contributed by atoms with van der Waals surface area (Å²) in [5, 5.41) is 8.22. The number of rotatable bonds is 4. The van der Waals surface area contributed by atoms with Crippen LogP contribution in [0.1, 0.15) is 26.2 Å². The third kappa shape index (κ3) is 4.51. The lowest BCUT2D eigenvalue weighted by Crippen LogP contribution is -2.51. The van der Waals surface area contributed by atoms with Crippen LogP contribution in [0.3, 0.4) is 0 Å². The van der Waals surface area contributed by atoms with Gasteiger partial charge >= 0.3 is 6.03 Å². The number of morpholine rings is 1. The van der Waals surface area contributed by atoms with Crippen LogP contribution in [-0.4, -0.2) is 71.9 Å². The summed E-state index contributed by atoms with van der Waals surface area (Å²) in [5.41, 5.74) is 1.86. The largest absolute Gasteiger partial charge is 0.379 e. The molecule has 2 amide bonds. The molecule has 2 N–H and O–H groups in total. The zero-order chi connectivity index (χ0) is 22.0. The number of thiophene rings is 1. The van der Waals surface area contributed by atoms with E-state index in [1.807, 2.05) is 12.1 Å². The molecule has 2 fully saturated rings. The summed E-state index contributed by atoms with van der Waals surface area (Å²) in [6, 6.07) is 2.07. The Bertz CT molecular complexity index is 1020. The fraction of sp³-hybridized carbons (Fsp3) is 0.522. The number of ether oxygens (including phenoxy) is 1. The van der Waals surface area contributed by atoms with Crippen molar-refractivity contribution in [3.05, 3.63) is 41.7 Å². The van der Waals surface area contributed by atoms with Crippen LogP contribution in [-0.2, 0) is 4.74 Å². The molecule has 2 saturated heterocycles. The van der Waals surface area contributed by atoms with Crippen LogP contribution in [0.15, 0.2) is 41.7 Å². The van der Waals surface area contributed by atoms with Crippen LogP contribution in [0.2, 0.25) is 0 Å². The maximum absolute atomic E-state index is 12.6. The van der Waals surface area contributed by atoms with Gasteiger partial charge in [-0.2, -0.15) is 0 Å². The van der Waals surface area contributed by atoms with E-state index < -0.39 is 0 Å². The Hall–Kier alpha value is -2.49. The van der Waals surface area contributed by atoms with Gasteiger partial charge in [-0.3, -0.25) is 4.90 Å². The predicted molar refractivity (Wildman–Crippen MR) is 127 cm³/mol. The van der Waals surface area contributed by atoms with Crippen molar-refractivity contribution >= 4 is 33.4 Å². The number of carbonyl (C=O) groups excluding carboxylic acids is 1. The maximum atomic E-state index is 12.6. The minimum absolute atomic E-state index is 0.00671. The summed E-state index contributed by atoms with van der Waals surface area (Å²) in [6.07, 6.45) is 10.7. The predicted octanol–water partition coefficient (Wildman–Crippen LogP) is 2.89. The first kappa shape index (κ1) is 21.4. The summed E-state index contributed by atoms with van der Waals surface area (Å²) in [7, 11) is 0. The number of anilines is 1. The minimum atomic E-state index is -0.128. The van der Waals surface area contributed by atoms with E-state index in [2.05, 4.69) is 54.9 Å². The lowest BCUT2D eigenvalue weighted by atomic mass is 9.90. The normalized spacial score (nSPS) is 25.0. The van der Waals surface area contributed by atoms with Gasteiger partial charge in [0.1, 0.15) is 12.1 Å². The average molecular weight is 455 g/mol. The lowest BCUT2D eigenvalue weighted by Gasteiger charge is -2.42. The number of hydrogen-bond acceptors (Lipinski definition) is 7. The second kappa shape index (κ2) is 9.17. The summed E-state index contributed by atoms with van der Waals surface area (Å²) in [6.45, 7) is 7.46. The van der Waals surface area contributed by atoms with Crippen molar-refractivity contribution in [2.75, 3.05) is 44.3 Å². The van der Waals surface area contributed by atoms with Gasteiger partial charge in [-0.25, -0.2) is 14.8 Å². The van der Waals surface area contributed by atoms with E-state index >= 15 is 0 Å². The van der Waals surface area contributed by atoms with Gasteiger partial charge in [-0.1, -0.05) is 12.2 Å². The molecule has 5 rings (SSSR count). The van der Waals surface area contributed by atoms with Crippen LogP contribution in [0, 0.1) is 0 Å². The number of nitrogens with one attached hydrogen (secondary N) is 2. The first-order valence-corrected chi connectivity index (χ1v) is 12.2. The van der Waals surface area contributed by atoms with Gasteiger partial charge < -0.3 is 20.3 Å². The van der Waals surface area contributed by atoms with Crippen molar-refractivity contribution < 1.29 is 9.53 Å². The monoisotopic (exact) mass is 454 g/mol. The van der Waals surface area contributed by atoms with Crippen LogP contribution in [0.4, 0.5) is 10.6 Å². The van der Waals surface area contributed by atoms with Crippen LogP contribution in [0.25, 0.3) is 10.2 Å². The second-order valence-electron chi connectivity index (χ2n) is 8.85. The van der Waals surface area contributed by atoms with E-state index in [0.717, 1.165) is 80.4 Å². The first-order valence-electron chi connectivity index (χ1n) is 11.3. The molecule has 32 heavy (non-hydrogen) atoms. The SMILES string of the molecule is CC1(N2CCOCC2)C=CC(NC(=O)NC2CCN(c3ncnc4ccsc34)CC2)=CC1. The van der Waals surface area contributed by atoms with Gasteiger partial charge in [0.25, 0.3) is 0 Å². The molecule has 3 aliphatic rings. The van der Waals surface area contributed by atoms with Crippen molar-refractivity contribution in [2.24, 2.45) is 0 Å². The summed E-state index contributed by atoms with van der Waals surface area (Å²) < 4.78 is 6.61. The number of nitrogens with zero attached hydrogens (tertiary/aromatic N) is 4. The highest BCUT2D eigenvalue weighted by molar-refractivity contribution is 7.17. The number of piperidine rings is 1. The van der Waals surface area contributed by atoms with Crippen molar-refractivity contribution in [1.29, 1.82) is 0 Å². The Morgan fingerprint density at radius 3 is 2.78 bits per heavy atom. The fourth-order valence-corrected chi connectivity index (χ4v) is 5.57. The summed E-state index contributed by atoms with van der Waals surface area (Å²) in [4.78, 5) is 26.2. The molecule has 2 aliphatic heterocycles. The zero-order valence-corrected chi connectivity index (χ0v) is 19.2. The molecule has 1 atom stereocenters. The van der Waals surface area contributed by atoms with Gasteiger partial charge in [0.05, 0.1) is 23.4 Å². The molecule has 2 aromatic rings. The van der Waals surface area contributed by atoms with Gasteiger partial charge in [-0.15, -0.1) is 11.3 Å². The van der Waals surface area contributed by atoms with Gasteiger partial charge in [-0.05, 0) is 43.7 Å². The molecule has 170 valence electrons. The Labute approximate surface area is 192 Å². The van der Waals surface area contributed by atoms with E-state index in [9.17, 15) is 4.79 Å². The molecule has 1 unspecified atom stereocenters. The van der Waals surface area contributed by atoms with Crippen molar-refractivity contribution in [3.63, 3.8) is 0 Å². The Kier molecular flexibility index (Phi) is 6.12. The van der Waals surface area contributed by atoms with Crippen molar-refractivity contribution in [1.82, 2.24) is 25.5 Å². The molecule has 8 nitrogen and oxygen atoms in total. The number of urea groups is 1. The maximum Gasteiger partial charge on any atom is 0.319 e. The highest BCUT2D eigenvalue weighted by atomic mass is 32.1. The van der Waals surface area contributed by atoms with Gasteiger partial charge in [0, 0.05) is 43.5 Å². The zero-order valence-electron chi connectivity index (χ0n) is 18.4. The number of amides is 2. The number of fused-ring (bicyclic) bond motifs is 1. The van der Waals surface area contributed by atoms with E-state index in [1.54, 1.807) is 17.7 Å². The lowest BCUT2D eigenvalue weighted by molar-refractivity contribution is -0.0000969. The van der Waals surface area contributed by atoms with Gasteiger partial charge in [0.15, 0.2) is 0 Å². The average Bonchev–Trinajstić information content (AvgIpc) is 3.31. The van der Waals surface area contributed by atoms with E-state index in [-0.39, 0.29) is 17.6 Å². The number of allylic oxidation sites excluding steroid dienone is 1. The van der Waals surface area contributed by atoms with Crippen LogP contribution in [0.5, 0.6) is 0 Å². The van der Waals surface area contributed by atoms with Crippen LogP contribution >= 0.6 is 11.3 Å². The quantitative estimate of drug-likeness (QED) is 0.739. The molecular formula is C23H30N6O2S. The fourth-order valence-electron chi connectivity index (χ4n) is 4.71. The molecule has 2 aromatic heterocycles. The molecule has 0 bridgehead atoms. The molecule has 4 heterocycles. The van der Waals surface area contributed by atoms with Crippen LogP contribution < -0.4 is 15.5 Å². The third-order valence-corrected chi connectivity index (χ3v) is 7.60. The van der Waals surface area contributed by atoms with Crippen molar-refractivity contribution in [3.8, 4) is 0 Å². The Morgan fingerprint density at radius 1 is 1.22 bits per heavy atom. The number of hydrogen-bond donors (Lipinski definition) is 2. The molecular weight excluding hydrogens is 424 g/mol. The third-order valence-electron chi connectivity index (χ3n) is 6.70. The number of carbonyl (C=O) groups is 1. The minimum Gasteiger partial charge on any atom is -0.379 e. The standard InChI is InChI=1S/C23H30N6O2S/c1-23(29-11-13-31-14-12-29)7-2-17(3-8-23)26-22(30)27-18-4-9-28(10-5-18)21-20-19(6-15-32-20)24-16-25-21/h2-3,6-7,15-16,18H,4-5,8-14H2,1H3,(H2,26,27,30). The summed E-state index contributed by atoms with van der Waals surface area (Å²) >= 11 is 1.68. The smallest absolute Gasteiger partial charge is 0.319 e. The first-order chi connectivity index (χ1) is 15.6. The van der Waals surface area contributed by atoms with E-state index in [0.29, 0.717) is 0 Å². The highest BCUT2D eigenvalue weighted by Crippen LogP contribution is 2.30. The number of aromatic nitrogens is 2. The molecule has 0 aromatic carbocycles. The van der Waals surface area contributed by atoms with E-state index in [4.69, 9.17) is 4.74 Å². The molecule has 1 aliphatic carbocycles. The molecule has 9 heteroatoms. The second-order valence-corrected chi connectivity index (χ2v) is 9.76. The molecule has 0 radical (unpaired) electrons. The van der Waals surface area contributed by atoms with Gasteiger partial charge in [0.2, 0.25) is 0 Å². The van der Waals surface area contributed by atoms with E-state index in [1.165, 1.54) is 0 Å². The Morgan fingerprint density at radius 2 is 2.03 bits per heavy atom. The molecule has 0 saturated carbocycles. The topological polar surface area (TPSA) is 82.6 Å². The Balaban J connectivity index is 1.10. The van der Waals surface area contributed by atoms with Crippen molar-refractivity contribution in [2.45, 2.75) is 37.8 Å². The molecule has 0 spiro atoms.